The van der Waals surface area contributed by atoms with Crippen LogP contribution in [0.15, 0.2) is 146 Å². The summed E-state index contributed by atoms with van der Waals surface area (Å²) < 4.78 is 9.69. The Bertz CT molecular complexity index is 1940. The van der Waals surface area contributed by atoms with Gasteiger partial charge in [-0.25, -0.2) is 0 Å². The van der Waals surface area contributed by atoms with Crippen LogP contribution in [-0.4, -0.2) is 4.57 Å². The molecule has 0 bridgehead atoms. The maximum Gasteiger partial charge on any atom is 0.150 e. The van der Waals surface area contributed by atoms with E-state index in [4.69, 9.17) is 4.52 Å². The molecule has 44 heavy (non-hydrogen) atoms. The first-order chi connectivity index (χ1) is 21.6. The van der Waals surface area contributed by atoms with Gasteiger partial charge in [-0.3, -0.25) is 0 Å². The largest absolute Gasteiger partial charge is 0.463 e. The van der Waals surface area contributed by atoms with Crippen molar-refractivity contribution >= 4 is 64.8 Å². The minimum absolute atomic E-state index is 0.859. The molecule has 7 rings (SSSR count). The van der Waals surface area contributed by atoms with E-state index in [9.17, 15) is 0 Å². The molecule has 0 aliphatic carbocycles. The van der Waals surface area contributed by atoms with Gasteiger partial charge in [0.2, 0.25) is 0 Å². The number of para-hydroxylation sites is 1. The second-order valence-electron chi connectivity index (χ2n) is 10.8. The molecule has 5 aromatic carbocycles. The van der Waals surface area contributed by atoms with Crippen LogP contribution in [0.5, 0.6) is 5.75 Å². The SMILES string of the molecule is Cc1sc(C)c(-c2c(P(c3ccccc3)c3ccccc3)c3ccccc3n2C)c1OP(c1ccccc1)c1ccccc1. The molecular weight excluding hydrogens is 592 g/mol. The van der Waals surface area contributed by atoms with Crippen LogP contribution in [0.3, 0.4) is 0 Å². The molecule has 0 aliphatic rings. The molecule has 0 amide bonds. The van der Waals surface area contributed by atoms with Crippen molar-refractivity contribution in [1.82, 2.24) is 4.57 Å². The topological polar surface area (TPSA) is 14.2 Å². The summed E-state index contributed by atoms with van der Waals surface area (Å²) in [6, 6.07) is 52.3. The Morgan fingerprint density at radius 1 is 0.545 bits per heavy atom. The summed E-state index contributed by atoms with van der Waals surface area (Å²) in [5.41, 5.74) is 3.69. The Hall–Kier alpha value is -4.00. The first kappa shape index (κ1) is 28.8. The van der Waals surface area contributed by atoms with Gasteiger partial charge in [-0.1, -0.05) is 140 Å². The highest BCUT2D eigenvalue weighted by atomic mass is 32.1. The van der Waals surface area contributed by atoms with Crippen LogP contribution in [-0.2, 0) is 7.05 Å². The number of hydrogen-bond acceptors (Lipinski definition) is 2. The van der Waals surface area contributed by atoms with E-state index in [0.29, 0.717) is 0 Å². The normalized spacial score (nSPS) is 11.5. The van der Waals surface area contributed by atoms with Gasteiger partial charge in [0.05, 0.1) is 11.3 Å². The molecule has 0 saturated heterocycles. The van der Waals surface area contributed by atoms with Crippen LogP contribution < -0.4 is 31.0 Å². The van der Waals surface area contributed by atoms with Gasteiger partial charge in [-0.05, 0) is 38.4 Å². The number of aryl methyl sites for hydroxylation is 3. The summed E-state index contributed by atoms with van der Waals surface area (Å²) in [7, 11) is 0.281. The van der Waals surface area contributed by atoms with Gasteiger partial charge < -0.3 is 9.09 Å². The predicted octanol–water partition coefficient (Wildman–Crippen LogP) is 8.71. The van der Waals surface area contributed by atoms with E-state index in [1.165, 1.54) is 58.4 Å². The van der Waals surface area contributed by atoms with Crippen molar-refractivity contribution < 1.29 is 4.52 Å². The van der Waals surface area contributed by atoms with Crippen LogP contribution in [0.1, 0.15) is 9.75 Å². The van der Waals surface area contributed by atoms with Crippen molar-refractivity contribution in [2.24, 2.45) is 7.05 Å². The third kappa shape index (κ3) is 5.31. The highest BCUT2D eigenvalue weighted by Gasteiger charge is 2.31. The molecule has 216 valence electrons. The molecule has 0 radical (unpaired) electrons. The lowest BCUT2D eigenvalue weighted by Crippen LogP contribution is -2.22. The lowest BCUT2D eigenvalue weighted by atomic mass is 10.1. The quantitative estimate of drug-likeness (QED) is 0.154. The average Bonchev–Trinajstić information content (AvgIpc) is 3.52. The maximum atomic E-state index is 7.29. The fraction of sp³-hybridized carbons (Fsp3) is 0.0769. The van der Waals surface area contributed by atoms with E-state index >= 15 is 0 Å². The Balaban J connectivity index is 1.50. The van der Waals surface area contributed by atoms with Gasteiger partial charge >= 0.3 is 0 Å². The fourth-order valence-electron chi connectivity index (χ4n) is 5.97. The summed E-state index contributed by atoms with van der Waals surface area (Å²) in [6.45, 7) is 4.46. The summed E-state index contributed by atoms with van der Waals surface area (Å²) in [4.78, 5) is 2.48. The van der Waals surface area contributed by atoms with Crippen LogP contribution in [0.2, 0.25) is 0 Å². The lowest BCUT2D eigenvalue weighted by Gasteiger charge is -2.23. The lowest BCUT2D eigenvalue weighted by molar-refractivity contribution is 0.629. The number of thiophene rings is 1. The number of benzene rings is 5. The number of hydrogen-bond donors (Lipinski definition) is 0. The van der Waals surface area contributed by atoms with Crippen molar-refractivity contribution in [3.05, 3.63) is 155 Å². The van der Waals surface area contributed by atoms with E-state index in [-0.39, 0.29) is 0 Å². The van der Waals surface area contributed by atoms with Crippen molar-refractivity contribution in [3.63, 3.8) is 0 Å². The molecule has 0 saturated carbocycles. The van der Waals surface area contributed by atoms with Crippen molar-refractivity contribution in [2.45, 2.75) is 13.8 Å². The first-order valence-electron chi connectivity index (χ1n) is 14.8. The number of aromatic nitrogens is 1. The van der Waals surface area contributed by atoms with E-state index in [1.807, 2.05) is 11.3 Å². The molecule has 7 aromatic rings. The number of fused-ring (bicyclic) bond motifs is 1. The molecule has 0 aliphatic heterocycles. The van der Waals surface area contributed by atoms with E-state index in [0.717, 1.165) is 5.75 Å². The predicted molar refractivity (Wildman–Crippen MR) is 194 cm³/mol. The van der Waals surface area contributed by atoms with Gasteiger partial charge in [0.25, 0.3) is 0 Å². The van der Waals surface area contributed by atoms with Crippen LogP contribution in [0, 0.1) is 13.8 Å². The second kappa shape index (κ2) is 12.5. The van der Waals surface area contributed by atoms with Crippen LogP contribution in [0.4, 0.5) is 0 Å². The van der Waals surface area contributed by atoms with E-state index in [1.54, 1.807) is 0 Å². The highest BCUT2D eigenvalue weighted by Crippen LogP contribution is 2.51. The van der Waals surface area contributed by atoms with Crippen LogP contribution in [0.25, 0.3) is 22.2 Å². The molecule has 0 atom stereocenters. The van der Waals surface area contributed by atoms with E-state index < -0.39 is 16.1 Å². The zero-order chi connectivity index (χ0) is 30.0. The third-order valence-corrected chi connectivity index (χ3v) is 13.4. The molecule has 0 fully saturated rings. The van der Waals surface area contributed by atoms with Crippen LogP contribution >= 0.6 is 27.4 Å². The smallest absolute Gasteiger partial charge is 0.150 e. The summed E-state index contributed by atoms with van der Waals surface area (Å²) in [5, 5.41) is 7.77. The van der Waals surface area contributed by atoms with Gasteiger partial charge in [0.15, 0.2) is 8.15 Å². The minimum Gasteiger partial charge on any atom is -0.463 e. The maximum absolute atomic E-state index is 7.29. The zero-order valence-corrected chi connectivity index (χ0v) is 27.6. The van der Waals surface area contributed by atoms with Crippen molar-refractivity contribution in [2.75, 3.05) is 0 Å². The van der Waals surface area contributed by atoms with E-state index in [2.05, 4.69) is 171 Å². The number of rotatable bonds is 8. The highest BCUT2D eigenvalue weighted by molar-refractivity contribution is 7.80. The third-order valence-electron chi connectivity index (χ3n) is 7.94. The summed E-state index contributed by atoms with van der Waals surface area (Å²) in [6.07, 6.45) is 0. The Labute approximate surface area is 266 Å². The van der Waals surface area contributed by atoms with Gasteiger partial charge in [-0.15, -0.1) is 11.3 Å². The van der Waals surface area contributed by atoms with Gasteiger partial charge in [-0.2, -0.15) is 0 Å². The Morgan fingerprint density at radius 3 is 1.52 bits per heavy atom. The van der Waals surface area contributed by atoms with Gasteiger partial charge in [0.1, 0.15) is 5.75 Å². The monoisotopic (exact) mass is 625 g/mol. The molecule has 2 nitrogen and oxygen atoms in total. The zero-order valence-electron chi connectivity index (χ0n) is 25.0. The fourth-order valence-corrected chi connectivity index (χ4v) is 11.5. The van der Waals surface area contributed by atoms with Gasteiger partial charge in [0, 0.05) is 43.6 Å². The average molecular weight is 626 g/mol. The molecular formula is C39H33NOP2S. The van der Waals surface area contributed by atoms with Crippen molar-refractivity contribution in [1.29, 1.82) is 0 Å². The summed E-state index contributed by atoms with van der Waals surface area (Å²) >= 11 is 1.83. The summed E-state index contributed by atoms with van der Waals surface area (Å²) in [5.74, 6) is 0.995. The molecule has 2 heterocycles. The second-order valence-corrected chi connectivity index (χ2v) is 16.1. The first-order valence-corrected chi connectivity index (χ1v) is 18.2. The Kier molecular flexibility index (Phi) is 8.20. The molecule has 5 heteroatoms. The molecule has 0 N–H and O–H groups in total. The Morgan fingerprint density at radius 2 is 1.00 bits per heavy atom. The molecule has 2 aromatic heterocycles. The standard InChI is InChI=1S/C39H33NOP2S/c1-28-36(38(29(2)44-28)41-43(32-22-12-6-13-23-32)33-24-14-7-15-25-33)37-39(34-26-16-17-27-35(34)40(37)3)42(30-18-8-4-9-19-30)31-20-10-5-11-21-31/h4-27H,1-3H3. The number of nitrogens with zero attached hydrogens (tertiary/aromatic N) is 1. The molecule has 0 spiro atoms. The minimum atomic E-state index is -1.08. The molecule has 0 unspecified atom stereocenters. The van der Waals surface area contributed by atoms with Crippen molar-refractivity contribution in [3.8, 4) is 17.0 Å².